The molecule has 0 radical (unpaired) electrons. The van der Waals surface area contributed by atoms with Gasteiger partial charge in [-0.2, -0.15) is 9.97 Å². The Morgan fingerprint density at radius 2 is 1.85 bits per heavy atom. The number of nitrogen functional groups attached to an aromatic ring is 1. The van der Waals surface area contributed by atoms with Crippen LogP contribution in [-0.4, -0.2) is 40.4 Å². The van der Waals surface area contributed by atoms with Gasteiger partial charge in [0.2, 0.25) is 5.95 Å². The molecule has 0 amide bonds. The highest BCUT2D eigenvalue weighted by atomic mass is 16.5. The van der Waals surface area contributed by atoms with Crippen LogP contribution in [0.2, 0.25) is 0 Å². The molecule has 20 heavy (non-hydrogen) atoms. The largest absolute Gasteiger partial charge is 0.463 e. The van der Waals surface area contributed by atoms with Crippen LogP contribution in [0.25, 0.3) is 0 Å². The maximum atomic E-state index is 5.49. The molecule has 0 aliphatic carbocycles. The number of rotatable bonds is 8. The third-order valence-corrected chi connectivity index (χ3v) is 2.55. The summed E-state index contributed by atoms with van der Waals surface area (Å²) in [5.74, 6) is 5.50. The lowest BCUT2D eigenvalue weighted by Crippen LogP contribution is -2.25. The maximum Gasteiger partial charge on any atom is 0.324 e. The minimum atomic E-state index is -0.265. The first kappa shape index (κ1) is 16.4. The maximum absolute atomic E-state index is 5.49. The smallest absolute Gasteiger partial charge is 0.324 e. The highest BCUT2D eigenvalue weighted by Crippen LogP contribution is 2.16. The highest BCUT2D eigenvalue weighted by molar-refractivity contribution is 5.25. The van der Waals surface area contributed by atoms with Gasteiger partial charge in [0.15, 0.2) is 0 Å². The van der Waals surface area contributed by atoms with Crippen molar-refractivity contribution in [3.05, 3.63) is 0 Å². The van der Waals surface area contributed by atoms with E-state index >= 15 is 0 Å². The van der Waals surface area contributed by atoms with E-state index in [1.807, 2.05) is 27.7 Å². The lowest BCUT2D eigenvalue weighted by atomic mass is 10.1. The van der Waals surface area contributed by atoms with E-state index in [0.717, 1.165) is 0 Å². The van der Waals surface area contributed by atoms with Gasteiger partial charge in [0.1, 0.15) is 0 Å². The van der Waals surface area contributed by atoms with Gasteiger partial charge in [0, 0.05) is 13.5 Å². The molecule has 0 aliphatic rings. The van der Waals surface area contributed by atoms with Crippen molar-refractivity contribution < 1.29 is 14.2 Å². The van der Waals surface area contributed by atoms with Gasteiger partial charge in [0.05, 0.1) is 18.3 Å². The summed E-state index contributed by atoms with van der Waals surface area (Å²) in [5.41, 5.74) is 2.09. The summed E-state index contributed by atoms with van der Waals surface area (Å²) >= 11 is 0. The summed E-state index contributed by atoms with van der Waals surface area (Å²) in [7, 11) is 1.66. The zero-order valence-corrected chi connectivity index (χ0v) is 12.6. The molecule has 1 rings (SSSR count). The van der Waals surface area contributed by atoms with Crippen molar-refractivity contribution >= 4 is 5.95 Å². The average Bonchev–Trinajstić information content (AvgIpc) is 2.37. The van der Waals surface area contributed by atoms with E-state index < -0.39 is 0 Å². The van der Waals surface area contributed by atoms with Gasteiger partial charge in [-0.3, -0.25) is 5.43 Å². The van der Waals surface area contributed by atoms with Crippen molar-refractivity contribution in [2.45, 2.75) is 45.8 Å². The van der Waals surface area contributed by atoms with Crippen molar-refractivity contribution in [3.8, 4) is 12.0 Å². The fourth-order valence-electron chi connectivity index (χ4n) is 1.22. The summed E-state index contributed by atoms with van der Waals surface area (Å²) in [6.45, 7) is 8.12. The molecule has 8 heteroatoms. The van der Waals surface area contributed by atoms with E-state index in [0.29, 0.717) is 13.0 Å². The fraction of sp³-hybridized carbons (Fsp3) is 0.750. The number of methoxy groups -OCH3 is 1. The molecule has 0 spiro atoms. The molecule has 114 valence electrons. The number of nitrogens with two attached hydrogens (primary N) is 1. The molecule has 1 aromatic rings. The summed E-state index contributed by atoms with van der Waals surface area (Å²) in [6.07, 6.45) is 0.643. The van der Waals surface area contributed by atoms with Crippen LogP contribution >= 0.6 is 0 Å². The predicted molar refractivity (Wildman–Crippen MR) is 74.6 cm³/mol. The van der Waals surface area contributed by atoms with Gasteiger partial charge in [-0.05, 0) is 27.7 Å². The summed E-state index contributed by atoms with van der Waals surface area (Å²) in [6, 6.07) is 0.333. The Morgan fingerprint density at radius 1 is 1.20 bits per heavy atom. The van der Waals surface area contributed by atoms with Crippen LogP contribution in [0.3, 0.4) is 0 Å². The van der Waals surface area contributed by atoms with Crippen molar-refractivity contribution in [1.29, 1.82) is 0 Å². The SMILES string of the molecule is COC(C)(C)CCOc1nc(NN)nc(OC(C)C)n1. The first-order chi connectivity index (χ1) is 9.36. The van der Waals surface area contributed by atoms with Gasteiger partial charge in [-0.15, -0.1) is 4.98 Å². The van der Waals surface area contributed by atoms with Gasteiger partial charge in [-0.1, -0.05) is 0 Å². The van der Waals surface area contributed by atoms with E-state index in [1.165, 1.54) is 0 Å². The molecule has 1 heterocycles. The zero-order valence-electron chi connectivity index (χ0n) is 12.6. The van der Waals surface area contributed by atoms with Crippen molar-refractivity contribution in [2.75, 3.05) is 19.1 Å². The molecular formula is C12H23N5O3. The van der Waals surface area contributed by atoms with Crippen LogP contribution < -0.4 is 20.7 Å². The molecule has 0 fully saturated rings. The van der Waals surface area contributed by atoms with E-state index in [1.54, 1.807) is 7.11 Å². The lowest BCUT2D eigenvalue weighted by molar-refractivity contribution is 0.00459. The van der Waals surface area contributed by atoms with Crippen molar-refractivity contribution in [3.63, 3.8) is 0 Å². The topological polar surface area (TPSA) is 104 Å². The second-order valence-corrected chi connectivity index (χ2v) is 5.10. The molecule has 0 aliphatic heterocycles. The van der Waals surface area contributed by atoms with Crippen LogP contribution in [0.15, 0.2) is 0 Å². The van der Waals surface area contributed by atoms with Crippen molar-refractivity contribution in [1.82, 2.24) is 15.0 Å². The average molecular weight is 285 g/mol. The third kappa shape index (κ3) is 5.54. The number of aromatic nitrogens is 3. The lowest BCUT2D eigenvalue weighted by Gasteiger charge is -2.22. The number of ether oxygens (including phenoxy) is 3. The molecule has 0 saturated carbocycles. The number of nitrogens with zero attached hydrogens (tertiary/aromatic N) is 3. The van der Waals surface area contributed by atoms with Crippen LogP contribution in [-0.2, 0) is 4.74 Å². The molecule has 0 bridgehead atoms. The van der Waals surface area contributed by atoms with Crippen LogP contribution in [0.1, 0.15) is 34.1 Å². The molecular weight excluding hydrogens is 262 g/mol. The van der Waals surface area contributed by atoms with E-state index in [-0.39, 0.29) is 29.7 Å². The molecule has 1 aromatic heterocycles. The van der Waals surface area contributed by atoms with Gasteiger partial charge < -0.3 is 14.2 Å². The minimum Gasteiger partial charge on any atom is -0.463 e. The fourth-order valence-corrected chi connectivity index (χ4v) is 1.22. The van der Waals surface area contributed by atoms with Crippen molar-refractivity contribution in [2.24, 2.45) is 5.84 Å². The van der Waals surface area contributed by atoms with Gasteiger partial charge in [-0.25, -0.2) is 5.84 Å². The molecule has 3 N–H and O–H groups in total. The first-order valence-corrected chi connectivity index (χ1v) is 6.43. The number of hydrogen-bond donors (Lipinski definition) is 2. The Labute approximate surface area is 119 Å². The van der Waals surface area contributed by atoms with E-state index in [2.05, 4.69) is 20.4 Å². The zero-order chi connectivity index (χ0) is 15.2. The van der Waals surface area contributed by atoms with E-state index in [9.17, 15) is 0 Å². The standard InChI is InChI=1S/C12H23N5O3/c1-8(2)20-11-15-9(17-13)14-10(16-11)19-7-6-12(3,4)18-5/h8H,6-7,13H2,1-5H3,(H,14,15,16,17). The first-order valence-electron chi connectivity index (χ1n) is 6.43. The van der Waals surface area contributed by atoms with Crippen LogP contribution in [0.5, 0.6) is 12.0 Å². The Bertz CT molecular complexity index is 426. The molecule has 8 nitrogen and oxygen atoms in total. The summed E-state index contributed by atoms with van der Waals surface area (Å²) in [4.78, 5) is 12.0. The summed E-state index contributed by atoms with van der Waals surface area (Å²) < 4.78 is 16.2. The number of hydrogen-bond acceptors (Lipinski definition) is 8. The van der Waals surface area contributed by atoms with Gasteiger partial charge in [0.25, 0.3) is 0 Å². The monoisotopic (exact) mass is 285 g/mol. The quantitative estimate of drug-likeness (QED) is 0.541. The second-order valence-electron chi connectivity index (χ2n) is 5.10. The van der Waals surface area contributed by atoms with E-state index in [4.69, 9.17) is 20.1 Å². The predicted octanol–water partition coefficient (Wildman–Crippen LogP) is 1.14. The Kier molecular flexibility index (Phi) is 5.90. The number of nitrogens with one attached hydrogen (secondary N) is 1. The third-order valence-electron chi connectivity index (χ3n) is 2.55. The molecule has 0 unspecified atom stereocenters. The minimum absolute atomic E-state index is 0.0525. The number of anilines is 1. The highest BCUT2D eigenvalue weighted by Gasteiger charge is 2.17. The Hall–Kier alpha value is -1.67. The number of hydrazine groups is 1. The normalized spacial score (nSPS) is 11.6. The van der Waals surface area contributed by atoms with Gasteiger partial charge >= 0.3 is 12.0 Å². The molecule has 0 aromatic carbocycles. The van der Waals surface area contributed by atoms with Crippen LogP contribution in [0, 0.1) is 0 Å². The Balaban J connectivity index is 2.69. The second kappa shape index (κ2) is 7.20. The molecule has 0 saturated heterocycles. The molecule has 0 atom stereocenters. The Morgan fingerprint density at radius 3 is 2.40 bits per heavy atom. The van der Waals surface area contributed by atoms with Crippen LogP contribution in [0.4, 0.5) is 5.95 Å². The summed E-state index contributed by atoms with van der Waals surface area (Å²) in [5, 5.41) is 0.